The van der Waals surface area contributed by atoms with Gasteiger partial charge in [-0.25, -0.2) is 0 Å². The average molecular weight is 221 g/mol. The van der Waals surface area contributed by atoms with E-state index < -0.39 is 0 Å². The highest BCUT2D eigenvalue weighted by Gasteiger charge is 2.10. The molecule has 0 rings (SSSR count). The number of hydrogen-bond donors (Lipinski definition) is 0. The second-order valence-electron chi connectivity index (χ2n) is 4.26. The maximum Gasteiger partial charge on any atom is 0.0277 e. The van der Waals surface area contributed by atoms with Crippen molar-refractivity contribution in [2.75, 3.05) is 7.05 Å². The van der Waals surface area contributed by atoms with Gasteiger partial charge >= 0.3 is 0 Å². The van der Waals surface area contributed by atoms with E-state index in [-0.39, 0.29) is 0 Å². The molecule has 0 aromatic rings. The van der Waals surface area contributed by atoms with E-state index in [1.54, 1.807) is 0 Å². The van der Waals surface area contributed by atoms with Gasteiger partial charge in [0.2, 0.25) is 0 Å². The van der Waals surface area contributed by atoms with E-state index >= 15 is 0 Å². The number of nitrogens with zero attached hydrogens (tertiary/aromatic N) is 1. The zero-order chi connectivity index (χ0) is 12.2. The molecular weight excluding hydrogens is 194 g/mol. The largest absolute Gasteiger partial charge is 0.297 e. The Morgan fingerprint density at radius 2 is 1.75 bits per heavy atom. The highest BCUT2D eigenvalue weighted by molar-refractivity contribution is 5.72. The molecule has 0 aromatic heterocycles. The summed E-state index contributed by atoms with van der Waals surface area (Å²) in [6, 6.07) is 0. The van der Waals surface area contributed by atoms with Gasteiger partial charge in [0.25, 0.3) is 0 Å². The summed E-state index contributed by atoms with van der Waals surface area (Å²) in [5.41, 5.74) is 1.35. The van der Waals surface area contributed by atoms with Gasteiger partial charge in [-0.3, -0.25) is 4.99 Å². The van der Waals surface area contributed by atoms with Crippen LogP contribution in [0.1, 0.15) is 52.4 Å². The Balaban J connectivity index is 4.47. The zero-order valence-corrected chi connectivity index (χ0v) is 11.2. The molecule has 0 bridgehead atoms. The van der Waals surface area contributed by atoms with Crippen LogP contribution in [0.25, 0.3) is 0 Å². The maximum atomic E-state index is 4.02. The number of unbranched alkanes of at least 4 members (excludes halogenated alkanes) is 2. The van der Waals surface area contributed by atoms with Crippen LogP contribution in [0.5, 0.6) is 0 Å². The van der Waals surface area contributed by atoms with Crippen molar-refractivity contribution in [3.8, 4) is 0 Å². The van der Waals surface area contributed by atoms with E-state index in [0.29, 0.717) is 5.92 Å². The normalized spacial score (nSPS) is 12.6. The molecule has 92 valence electrons. The molecule has 1 heteroatoms. The highest BCUT2D eigenvalue weighted by atomic mass is 14.6. The van der Waals surface area contributed by atoms with Crippen LogP contribution in [-0.2, 0) is 0 Å². The van der Waals surface area contributed by atoms with Crippen LogP contribution in [0, 0.1) is 5.92 Å². The van der Waals surface area contributed by atoms with Crippen molar-refractivity contribution in [2.45, 2.75) is 52.4 Å². The average Bonchev–Trinajstić information content (AvgIpc) is 2.32. The second-order valence-corrected chi connectivity index (χ2v) is 4.26. The van der Waals surface area contributed by atoms with Gasteiger partial charge in [0, 0.05) is 13.3 Å². The monoisotopic (exact) mass is 221 g/mol. The van der Waals surface area contributed by atoms with Gasteiger partial charge in [-0.2, -0.15) is 0 Å². The molecule has 0 aliphatic rings. The number of allylic oxidation sites excluding steroid dienone is 3. The van der Waals surface area contributed by atoms with Crippen LogP contribution < -0.4 is 0 Å². The molecule has 0 saturated carbocycles. The van der Waals surface area contributed by atoms with Gasteiger partial charge in [0.05, 0.1) is 0 Å². The lowest BCUT2D eigenvalue weighted by Gasteiger charge is -2.17. The SMILES string of the molecule is C=C/C(=C\C=NC)C(CCCC)CCCC. The third-order valence-electron chi connectivity index (χ3n) is 2.94. The Labute approximate surface area is 101 Å². The first-order valence-corrected chi connectivity index (χ1v) is 6.54. The van der Waals surface area contributed by atoms with Crippen molar-refractivity contribution in [1.82, 2.24) is 0 Å². The molecule has 0 N–H and O–H groups in total. The van der Waals surface area contributed by atoms with Crippen LogP contribution in [0.3, 0.4) is 0 Å². The van der Waals surface area contributed by atoms with E-state index in [9.17, 15) is 0 Å². The summed E-state index contributed by atoms with van der Waals surface area (Å²) >= 11 is 0. The topological polar surface area (TPSA) is 12.4 Å². The van der Waals surface area contributed by atoms with Crippen molar-refractivity contribution in [3.63, 3.8) is 0 Å². The fraction of sp³-hybridized carbons (Fsp3) is 0.667. The van der Waals surface area contributed by atoms with E-state index in [1.807, 2.05) is 19.3 Å². The molecule has 0 amide bonds. The van der Waals surface area contributed by atoms with E-state index in [4.69, 9.17) is 0 Å². The van der Waals surface area contributed by atoms with E-state index in [2.05, 4.69) is 31.5 Å². The first kappa shape index (κ1) is 15.2. The molecule has 0 atom stereocenters. The lowest BCUT2D eigenvalue weighted by atomic mass is 9.88. The smallest absolute Gasteiger partial charge is 0.0277 e. The standard InChI is InChI=1S/C15H27N/c1-5-8-10-15(11-9-6-2)14(7-3)12-13-16-4/h7,12-13,15H,3,5-6,8-11H2,1-2,4H3/b14-12+,16-13?. The number of aliphatic imine (C=N–C) groups is 1. The molecule has 0 saturated heterocycles. The van der Waals surface area contributed by atoms with Gasteiger partial charge in [-0.1, -0.05) is 52.2 Å². The molecular formula is C15H27N. The summed E-state index contributed by atoms with van der Waals surface area (Å²) in [5, 5.41) is 0. The third kappa shape index (κ3) is 6.60. The van der Waals surface area contributed by atoms with Crippen molar-refractivity contribution in [1.29, 1.82) is 0 Å². The molecule has 0 aromatic carbocycles. The van der Waals surface area contributed by atoms with Crippen molar-refractivity contribution in [2.24, 2.45) is 10.9 Å². The van der Waals surface area contributed by atoms with Gasteiger partial charge in [0.1, 0.15) is 0 Å². The lowest BCUT2D eigenvalue weighted by molar-refractivity contribution is 0.483. The van der Waals surface area contributed by atoms with Gasteiger partial charge in [-0.15, -0.1) is 0 Å². The predicted molar refractivity (Wildman–Crippen MR) is 75.2 cm³/mol. The van der Waals surface area contributed by atoms with Gasteiger partial charge < -0.3 is 0 Å². The zero-order valence-electron chi connectivity index (χ0n) is 11.2. The Bertz CT molecular complexity index is 218. The van der Waals surface area contributed by atoms with Crippen molar-refractivity contribution < 1.29 is 0 Å². The quantitative estimate of drug-likeness (QED) is 0.392. The first-order valence-electron chi connectivity index (χ1n) is 6.54. The molecule has 0 fully saturated rings. The predicted octanol–water partition coefficient (Wildman–Crippen LogP) is 4.80. The lowest BCUT2D eigenvalue weighted by Crippen LogP contribution is -2.03. The number of rotatable bonds is 9. The molecule has 0 aliphatic heterocycles. The maximum absolute atomic E-state index is 4.02. The van der Waals surface area contributed by atoms with Crippen LogP contribution in [0.2, 0.25) is 0 Å². The third-order valence-corrected chi connectivity index (χ3v) is 2.94. The highest BCUT2D eigenvalue weighted by Crippen LogP contribution is 2.24. The van der Waals surface area contributed by atoms with E-state index in [1.165, 1.54) is 44.1 Å². The minimum atomic E-state index is 0.676. The van der Waals surface area contributed by atoms with Crippen LogP contribution in [-0.4, -0.2) is 13.3 Å². The fourth-order valence-electron chi connectivity index (χ4n) is 1.91. The second kappa shape index (κ2) is 10.7. The molecule has 0 spiro atoms. The molecule has 0 heterocycles. The Kier molecular flexibility index (Phi) is 10.1. The summed E-state index contributed by atoms with van der Waals surface area (Å²) in [6.07, 6.45) is 13.7. The molecule has 0 radical (unpaired) electrons. The van der Waals surface area contributed by atoms with Crippen LogP contribution in [0.4, 0.5) is 0 Å². The van der Waals surface area contributed by atoms with E-state index in [0.717, 1.165) is 0 Å². The Morgan fingerprint density at radius 3 is 2.12 bits per heavy atom. The Hall–Kier alpha value is -0.850. The summed E-state index contributed by atoms with van der Waals surface area (Å²) in [7, 11) is 1.81. The molecule has 16 heavy (non-hydrogen) atoms. The Morgan fingerprint density at radius 1 is 1.19 bits per heavy atom. The summed E-state index contributed by atoms with van der Waals surface area (Å²) in [6.45, 7) is 8.42. The minimum absolute atomic E-state index is 0.676. The first-order chi connectivity index (χ1) is 7.79. The summed E-state index contributed by atoms with van der Waals surface area (Å²) < 4.78 is 0. The van der Waals surface area contributed by atoms with Gasteiger partial charge in [-0.05, 0) is 30.4 Å². The molecule has 0 aliphatic carbocycles. The minimum Gasteiger partial charge on any atom is -0.297 e. The van der Waals surface area contributed by atoms with Crippen molar-refractivity contribution in [3.05, 3.63) is 24.3 Å². The van der Waals surface area contributed by atoms with Crippen LogP contribution >= 0.6 is 0 Å². The number of hydrogen-bond acceptors (Lipinski definition) is 1. The van der Waals surface area contributed by atoms with Crippen LogP contribution in [0.15, 0.2) is 29.3 Å². The summed E-state index contributed by atoms with van der Waals surface area (Å²) in [5.74, 6) is 0.676. The van der Waals surface area contributed by atoms with Crippen molar-refractivity contribution >= 4 is 6.21 Å². The molecule has 0 unspecified atom stereocenters. The van der Waals surface area contributed by atoms with Gasteiger partial charge in [0.15, 0.2) is 0 Å². The fourth-order valence-corrected chi connectivity index (χ4v) is 1.91. The summed E-state index contributed by atoms with van der Waals surface area (Å²) in [4.78, 5) is 4.02. The molecule has 1 nitrogen and oxygen atoms in total.